The van der Waals surface area contributed by atoms with E-state index in [9.17, 15) is 14.4 Å². The second kappa shape index (κ2) is 9.56. The number of carbonyl (C=O) groups is 3. The van der Waals surface area contributed by atoms with Gasteiger partial charge in [0.1, 0.15) is 6.04 Å². The van der Waals surface area contributed by atoms with E-state index in [-0.39, 0.29) is 42.0 Å². The molecule has 0 unspecified atom stereocenters. The molecule has 3 N–H and O–H groups in total. The molecular weight excluding hydrogens is 282 g/mol. The van der Waals surface area contributed by atoms with Crippen LogP contribution in [0.2, 0.25) is 0 Å². The first-order valence-electron chi connectivity index (χ1n) is 7.93. The van der Waals surface area contributed by atoms with E-state index in [2.05, 4.69) is 16.0 Å². The Balaban J connectivity index is 4.64. The molecule has 0 aliphatic heterocycles. The van der Waals surface area contributed by atoms with E-state index >= 15 is 0 Å². The van der Waals surface area contributed by atoms with Crippen LogP contribution in [0.1, 0.15) is 48.5 Å². The first-order chi connectivity index (χ1) is 10.1. The van der Waals surface area contributed by atoms with Crippen molar-refractivity contribution in [3.8, 4) is 0 Å². The molecule has 0 saturated carbocycles. The molecule has 0 aliphatic rings. The number of Topliss-reactive ketones (excluding diaryl/α,β-unsaturated/α-hetero) is 1. The molecule has 128 valence electrons. The Morgan fingerprint density at radius 2 is 1.41 bits per heavy atom. The largest absolute Gasteiger partial charge is 0.345 e. The fourth-order valence-corrected chi connectivity index (χ4v) is 1.93. The van der Waals surface area contributed by atoms with E-state index in [1.54, 1.807) is 20.8 Å². The number of hydrogen-bond acceptors (Lipinski definition) is 4. The molecule has 0 aromatic carbocycles. The van der Waals surface area contributed by atoms with Gasteiger partial charge >= 0.3 is 0 Å². The molecule has 0 aromatic rings. The van der Waals surface area contributed by atoms with Crippen LogP contribution in [0.3, 0.4) is 0 Å². The average molecular weight is 313 g/mol. The molecule has 0 saturated heterocycles. The minimum Gasteiger partial charge on any atom is -0.345 e. The molecule has 0 spiro atoms. The topological polar surface area (TPSA) is 87.3 Å². The molecule has 22 heavy (non-hydrogen) atoms. The zero-order chi connectivity index (χ0) is 17.4. The van der Waals surface area contributed by atoms with E-state index in [1.165, 1.54) is 0 Å². The van der Waals surface area contributed by atoms with Crippen LogP contribution in [-0.2, 0) is 14.4 Å². The van der Waals surface area contributed by atoms with Crippen molar-refractivity contribution in [2.24, 2.45) is 11.8 Å². The Bertz CT molecular complexity index is 392. The lowest BCUT2D eigenvalue weighted by atomic mass is 10.0. The van der Waals surface area contributed by atoms with Gasteiger partial charge in [-0.05, 0) is 12.8 Å². The van der Waals surface area contributed by atoms with Crippen molar-refractivity contribution in [1.82, 2.24) is 16.0 Å². The fourth-order valence-electron chi connectivity index (χ4n) is 1.93. The molecular formula is C16H31N3O3. The summed E-state index contributed by atoms with van der Waals surface area (Å²) in [6, 6.07) is -1.01. The predicted octanol–water partition coefficient (Wildman–Crippen LogP) is 0.855. The molecule has 0 aromatic heterocycles. The zero-order valence-electron chi connectivity index (χ0n) is 14.8. The fraction of sp³-hybridized carbons (Fsp3) is 0.812. The van der Waals surface area contributed by atoms with Gasteiger partial charge in [-0.2, -0.15) is 0 Å². The minimum absolute atomic E-state index is 0.0244. The number of nitrogens with one attached hydrogen (secondary N) is 3. The summed E-state index contributed by atoms with van der Waals surface area (Å²) in [6.45, 7) is 13.0. The third-order valence-electron chi connectivity index (χ3n) is 3.29. The van der Waals surface area contributed by atoms with Crippen molar-refractivity contribution in [2.75, 3.05) is 6.54 Å². The summed E-state index contributed by atoms with van der Waals surface area (Å²) in [5.74, 6) is -0.787. The second-order valence-electron chi connectivity index (χ2n) is 6.61. The van der Waals surface area contributed by atoms with Gasteiger partial charge < -0.3 is 16.0 Å². The summed E-state index contributed by atoms with van der Waals surface area (Å²) in [5.41, 5.74) is 0. The number of amides is 2. The third-order valence-corrected chi connectivity index (χ3v) is 3.29. The van der Waals surface area contributed by atoms with E-state index in [1.807, 2.05) is 27.7 Å². The number of ketones is 1. The lowest BCUT2D eigenvalue weighted by Gasteiger charge is -2.24. The highest BCUT2D eigenvalue weighted by Crippen LogP contribution is 2.04. The lowest BCUT2D eigenvalue weighted by molar-refractivity contribution is -0.132. The monoisotopic (exact) mass is 313 g/mol. The Kier molecular flexibility index (Phi) is 8.94. The normalized spacial score (nSPS) is 14.1. The summed E-state index contributed by atoms with van der Waals surface area (Å²) < 4.78 is 0. The number of carbonyl (C=O) groups excluding carboxylic acids is 3. The maximum absolute atomic E-state index is 12.3. The molecule has 0 fully saturated rings. The Labute approximate surface area is 133 Å². The van der Waals surface area contributed by atoms with Crippen molar-refractivity contribution in [2.45, 2.75) is 66.6 Å². The van der Waals surface area contributed by atoms with Gasteiger partial charge in [0.15, 0.2) is 5.78 Å². The quantitative estimate of drug-likeness (QED) is 0.589. The summed E-state index contributed by atoms with van der Waals surface area (Å²) in [5, 5.41) is 8.41. The molecule has 6 heteroatoms. The van der Waals surface area contributed by atoms with Crippen LogP contribution in [0.5, 0.6) is 0 Å². The van der Waals surface area contributed by atoms with Crippen LogP contribution < -0.4 is 16.0 Å². The highest BCUT2D eigenvalue weighted by molar-refractivity contribution is 5.93. The first-order valence-corrected chi connectivity index (χ1v) is 7.93. The second-order valence-corrected chi connectivity index (χ2v) is 6.61. The van der Waals surface area contributed by atoms with Gasteiger partial charge in [-0.3, -0.25) is 14.4 Å². The summed E-state index contributed by atoms with van der Waals surface area (Å²) in [6.07, 6.45) is 0. The molecule has 2 amide bonds. The van der Waals surface area contributed by atoms with Gasteiger partial charge in [0, 0.05) is 12.0 Å². The van der Waals surface area contributed by atoms with Crippen molar-refractivity contribution >= 4 is 17.6 Å². The minimum atomic E-state index is -0.649. The standard InChI is InChI=1S/C16H31N3O3/c1-9(2)14(19-13(20)8-17-11(5)6)16(22)18-12(7)15(21)10(3)4/h9-12,14,17H,8H2,1-7H3,(H,18,22)(H,19,20)/t12-,14-/m0/s1. The van der Waals surface area contributed by atoms with Crippen LogP contribution in [0, 0.1) is 11.8 Å². The number of hydrogen-bond donors (Lipinski definition) is 3. The van der Waals surface area contributed by atoms with Crippen LogP contribution in [0.25, 0.3) is 0 Å². The van der Waals surface area contributed by atoms with E-state index < -0.39 is 12.1 Å². The lowest BCUT2D eigenvalue weighted by Crippen LogP contribution is -2.54. The van der Waals surface area contributed by atoms with Crippen LogP contribution >= 0.6 is 0 Å². The predicted molar refractivity (Wildman–Crippen MR) is 87.4 cm³/mol. The maximum atomic E-state index is 12.3. The molecule has 0 radical (unpaired) electrons. The van der Waals surface area contributed by atoms with Gasteiger partial charge in [0.05, 0.1) is 12.6 Å². The van der Waals surface area contributed by atoms with Gasteiger partial charge in [-0.25, -0.2) is 0 Å². The van der Waals surface area contributed by atoms with E-state index in [0.29, 0.717) is 0 Å². The molecule has 0 aliphatic carbocycles. The summed E-state index contributed by atoms with van der Waals surface area (Å²) in [7, 11) is 0. The Morgan fingerprint density at radius 1 is 0.864 bits per heavy atom. The van der Waals surface area contributed by atoms with Gasteiger partial charge in [-0.1, -0.05) is 41.5 Å². The van der Waals surface area contributed by atoms with Crippen molar-refractivity contribution in [1.29, 1.82) is 0 Å². The van der Waals surface area contributed by atoms with Crippen LogP contribution in [0.4, 0.5) is 0 Å². The zero-order valence-corrected chi connectivity index (χ0v) is 14.8. The van der Waals surface area contributed by atoms with E-state index in [4.69, 9.17) is 0 Å². The molecule has 2 atom stereocenters. The number of rotatable bonds is 9. The molecule has 0 rings (SSSR count). The van der Waals surface area contributed by atoms with Crippen molar-refractivity contribution in [3.63, 3.8) is 0 Å². The highest BCUT2D eigenvalue weighted by Gasteiger charge is 2.27. The summed E-state index contributed by atoms with van der Waals surface area (Å²) in [4.78, 5) is 36.0. The summed E-state index contributed by atoms with van der Waals surface area (Å²) >= 11 is 0. The van der Waals surface area contributed by atoms with Gasteiger partial charge in [-0.15, -0.1) is 0 Å². The molecule has 0 heterocycles. The van der Waals surface area contributed by atoms with Crippen molar-refractivity contribution in [3.05, 3.63) is 0 Å². The van der Waals surface area contributed by atoms with Crippen LogP contribution in [-0.4, -0.2) is 42.3 Å². The molecule has 6 nitrogen and oxygen atoms in total. The van der Waals surface area contributed by atoms with Gasteiger partial charge in [0.2, 0.25) is 11.8 Å². The third kappa shape index (κ3) is 7.54. The SMILES string of the molecule is CC(C)NCC(=O)N[C@H](C(=O)N[C@@H](C)C(=O)C(C)C)C(C)C. The average Bonchev–Trinajstić information content (AvgIpc) is 2.40. The Morgan fingerprint density at radius 3 is 1.82 bits per heavy atom. The smallest absolute Gasteiger partial charge is 0.243 e. The highest BCUT2D eigenvalue weighted by atomic mass is 16.2. The Hall–Kier alpha value is -1.43. The van der Waals surface area contributed by atoms with Gasteiger partial charge in [0.25, 0.3) is 0 Å². The first kappa shape index (κ1) is 20.6. The maximum Gasteiger partial charge on any atom is 0.243 e. The van der Waals surface area contributed by atoms with Crippen molar-refractivity contribution < 1.29 is 14.4 Å². The van der Waals surface area contributed by atoms with Crippen LogP contribution in [0.15, 0.2) is 0 Å². The van der Waals surface area contributed by atoms with E-state index in [0.717, 1.165) is 0 Å². The molecule has 0 bridgehead atoms.